The zero-order chi connectivity index (χ0) is 15.8. The molecule has 1 aromatic heterocycles. The first-order valence-corrected chi connectivity index (χ1v) is 7.79. The van der Waals surface area contributed by atoms with E-state index < -0.39 is 0 Å². The quantitative estimate of drug-likeness (QED) is 0.501. The minimum absolute atomic E-state index is 0.583. The van der Waals surface area contributed by atoms with Gasteiger partial charge in [-0.05, 0) is 48.1 Å². The molecule has 0 fully saturated rings. The number of hydrogen-bond acceptors (Lipinski definition) is 1. The van der Waals surface area contributed by atoms with Crippen LogP contribution >= 0.6 is 0 Å². The molecule has 0 bridgehead atoms. The van der Waals surface area contributed by atoms with Crippen LogP contribution in [0.3, 0.4) is 0 Å². The number of nitrogens with one attached hydrogen (secondary N) is 1. The number of benzene rings is 3. The van der Waals surface area contributed by atoms with Gasteiger partial charge in [-0.15, -0.1) is 0 Å². The SMILES string of the molecule is Cc1cc(Cc2ccc3c([NH])cccc3c2)c2ccccc2n1. The molecule has 2 heteroatoms. The van der Waals surface area contributed by atoms with Crippen molar-refractivity contribution in [3.8, 4) is 0 Å². The number of rotatable bonds is 2. The Morgan fingerprint density at radius 2 is 1.74 bits per heavy atom. The highest BCUT2D eigenvalue weighted by molar-refractivity contribution is 5.92. The second-order valence-corrected chi connectivity index (χ2v) is 5.98. The van der Waals surface area contributed by atoms with Gasteiger partial charge in [0.15, 0.2) is 0 Å². The topological polar surface area (TPSA) is 36.7 Å². The fourth-order valence-electron chi connectivity index (χ4n) is 3.20. The summed E-state index contributed by atoms with van der Waals surface area (Å²) in [5.41, 5.74) is 13.2. The molecule has 0 aliphatic carbocycles. The maximum absolute atomic E-state index is 7.98. The van der Waals surface area contributed by atoms with Crippen molar-refractivity contribution in [2.45, 2.75) is 13.3 Å². The molecular formula is C21H17N2. The molecule has 0 atom stereocenters. The minimum Gasteiger partial charge on any atom is -0.300 e. The van der Waals surface area contributed by atoms with Gasteiger partial charge in [-0.2, -0.15) is 0 Å². The van der Waals surface area contributed by atoms with Crippen molar-refractivity contribution in [3.05, 3.63) is 83.6 Å². The molecule has 4 aromatic rings. The first-order valence-electron chi connectivity index (χ1n) is 7.79. The fourth-order valence-corrected chi connectivity index (χ4v) is 3.20. The van der Waals surface area contributed by atoms with E-state index in [1.54, 1.807) is 0 Å². The van der Waals surface area contributed by atoms with E-state index in [2.05, 4.69) is 53.5 Å². The molecular weight excluding hydrogens is 280 g/mol. The van der Waals surface area contributed by atoms with Crippen LogP contribution < -0.4 is 5.73 Å². The summed E-state index contributed by atoms with van der Waals surface area (Å²) in [6, 6.07) is 22.7. The Bertz CT molecular complexity index is 1020. The van der Waals surface area contributed by atoms with Crippen molar-refractivity contribution < 1.29 is 0 Å². The Morgan fingerprint density at radius 1 is 0.870 bits per heavy atom. The lowest BCUT2D eigenvalue weighted by atomic mass is 9.98. The summed E-state index contributed by atoms with van der Waals surface area (Å²) in [5, 5.41) is 3.35. The molecule has 1 heterocycles. The Balaban J connectivity index is 1.82. The van der Waals surface area contributed by atoms with Crippen LogP contribution in [0.2, 0.25) is 0 Å². The van der Waals surface area contributed by atoms with E-state index in [-0.39, 0.29) is 0 Å². The largest absolute Gasteiger partial charge is 0.300 e. The van der Waals surface area contributed by atoms with Crippen LogP contribution in [0.5, 0.6) is 0 Å². The number of hydrogen-bond donors (Lipinski definition) is 0. The second-order valence-electron chi connectivity index (χ2n) is 5.98. The maximum atomic E-state index is 7.98. The number of pyridine rings is 1. The van der Waals surface area contributed by atoms with Gasteiger partial charge in [0, 0.05) is 16.5 Å². The van der Waals surface area contributed by atoms with Crippen LogP contribution in [-0.2, 0) is 6.42 Å². The summed E-state index contributed by atoms with van der Waals surface area (Å²) in [6.45, 7) is 2.04. The molecule has 0 amide bonds. The zero-order valence-corrected chi connectivity index (χ0v) is 13.0. The number of aromatic nitrogens is 1. The average Bonchev–Trinajstić information content (AvgIpc) is 2.55. The third-order valence-electron chi connectivity index (χ3n) is 4.27. The number of para-hydroxylation sites is 1. The van der Waals surface area contributed by atoms with Gasteiger partial charge < -0.3 is 5.73 Å². The summed E-state index contributed by atoms with van der Waals surface area (Å²) in [5.74, 6) is 0. The summed E-state index contributed by atoms with van der Waals surface area (Å²) in [4.78, 5) is 4.61. The second kappa shape index (κ2) is 5.40. The summed E-state index contributed by atoms with van der Waals surface area (Å²) in [7, 11) is 0. The number of nitrogens with zero attached hydrogens (tertiary/aromatic N) is 1. The van der Waals surface area contributed by atoms with Gasteiger partial charge in [0.2, 0.25) is 0 Å². The normalized spacial score (nSPS) is 11.2. The van der Waals surface area contributed by atoms with Gasteiger partial charge in [-0.1, -0.05) is 48.5 Å². The number of fused-ring (bicyclic) bond motifs is 2. The summed E-state index contributed by atoms with van der Waals surface area (Å²) < 4.78 is 0. The van der Waals surface area contributed by atoms with E-state index in [0.717, 1.165) is 28.4 Å². The molecule has 1 radical (unpaired) electrons. The highest BCUT2D eigenvalue weighted by Gasteiger charge is 2.06. The predicted octanol–water partition coefficient (Wildman–Crippen LogP) is 5.20. The standard InChI is InChI=1S/C21H17N2/c1-14-11-17(19-6-2-3-8-21(19)23-14)13-15-9-10-18-16(12-15)5-4-7-20(18)22/h2-12,22H,13H2,1H3. The molecule has 4 rings (SSSR count). The van der Waals surface area contributed by atoms with Gasteiger partial charge in [0.25, 0.3) is 0 Å². The molecule has 23 heavy (non-hydrogen) atoms. The molecule has 3 aromatic carbocycles. The molecule has 111 valence electrons. The smallest absolute Gasteiger partial charge is 0.0708 e. The minimum atomic E-state index is 0.583. The molecule has 0 spiro atoms. The van der Waals surface area contributed by atoms with Gasteiger partial charge >= 0.3 is 0 Å². The third kappa shape index (κ3) is 2.53. The highest BCUT2D eigenvalue weighted by atomic mass is 14.7. The van der Waals surface area contributed by atoms with Crippen LogP contribution in [0, 0.1) is 6.92 Å². The Labute approximate surface area is 135 Å². The lowest BCUT2D eigenvalue weighted by Gasteiger charge is -2.09. The number of aryl methyl sites for hydroxylation is 1. The van der Waals surface area contributed by atoms with E-state index in [9.17, 15) is 0 Å². The highest BCUT2D eigenvalue weighted by Crippen LogP contribution is 2.26. The Kier molecular flexibility index (Phi) is 3.23. The van der Waals surface area contributed by atoms with Gasteiger partial charge in [0.1, 0.15) is 0 Å². The maximum Gasteiger partial charge on any atom is 0.0708 e. The first kappa shape index (κ1) is 13.8. The molecule has 0 saturated heterocycles. The molecule has 2 nitrogen and oxygen atoms in total. The van der Waals surface area contributed by atoms with Gasteiger partial charge in [-0.25, -0.2) is 0 Å². The molecule has 0 aliphatic heterocycles. The van der Waals surface area contributed by atoms with Crippen molar-refractivity contribution in [2.24, 2.45) is 0 Å². The monoisotopic (exact) mass is 297 g/mol. The van der Waals surface area contributed by atoms with Gasteiger partial charge in [-0.3, -0.25) is 4.98 Å². The average molecular weight is 297 g/mol. The van der Waals surface area contributed by atoms with Crippen molar-refractivity contribution in [2.75, 3.05) is 0 Å². The Hall–Kier alpha value is -2.87. The van der Waals surface area contributed by atoms with Crippen molar-refractivity contribution in [1.82, 2.24) is 10.7 Å². The molecule has 1 N–H and O–H groups in total. The first-order chi connectivity index (χ1) is 11.2. The van der Waals surface area contributed by atoms with E-state index in [1.807, 2.05) is 25.1 Å². The van der Waals surface area contributed by atoms with Crippen LogP contribution in [0.25, 0.3) is 21.7 Å². The van der Waals surface area contributed by atoms with Crippen molar-refractivity contribution in [3.63, 3.8) is 0 Å². The molecule has 0 aliphatic rings. The molecule has 0 saturated carbocycles. The fraction of sp³-hybridized carbons (Fsp3) is 0.0952. The molecule has 0 unspecified atom stereocenters. The summed E-state index contributed by atoms with van der Waals surface area (Å²) >= 11 is 0. The van der Waals surface area contributed by atoms with Crippen molar-refractivity contribution in [1.29, 1.82) is 0 Å². The van der Waals surface area contributed by atoms with E-state index in [0.29, 0.717) is 5.69 Å². The van der Waals surface area contributed by atoms with Crippen LogP contribution in [0.1, 0.15) is 16.8 Å². The van der Waals surface area contributed by atoms with E-state index in [1.165, 1.54) is 16.5 Å². The van der Waals surface area contributed by atoms with Crippen molar-refractivity contribution >= 4 is 27.4 Å². The lowest BCUT2D eigenvalue weighted by molar-refractivity contribution is 1.17. The van der Waals surface area contributed by atoms with Gasteiger partial charge in [0.05, 0.1) is 11.2 Å². The Morgan fingerprint density at radius 3 is 2.65 bits per heavy atom. The lowest BCUT2D eigenvalue weighted by Crippen LogP contribution is -1.94. The zero-order valence-electron chi connectivity index (χ0n) is 13.0. The van der Waals surface area contributed by atoms with Crippen LogP contribution in [-0.4, -0.2) is 4.98 Å². The predicted molar refractivity (Wildman–Crippen MR) is 96.0 cm³/mol. The van der Waals surface area contributed by atoms with Crippen LogP contribution in [0.15, 0.2) is 66.7 Å². The van der Waals surface area contributed by atoms with E-state index >= 15 is 0 Å². The third-order valence-corrected chi connectivity index (χ3v) is 4.27. The van der Waals surface area contributed by atoms with E-state index in [4.69, 9.17) is 5.73 Å². The van der Waals surface area contributed by atoms with Crippen LogP contribution in [0.4, 0.5) is 5.69 Å². The summed E-state index contributed by atoms with van der Waals surface area (Å²) in [6.07, 6.45) is 0.877.